The number of amides is 1. The zero-order valence-electron chi connectivity index (χ0n) is 14.0. The summed E-state index contributed by atoms with van der Waals surface area (Å²) in [6.07, 6.45) is 1.27. The molecule has 3 rings (SSSR count). The van der Waals surface area contributed by atoms with Crippen LogP contribution in [0.15, 0.2) is 42.5 Å². The summed E-state index contributed by atoms with van der Waals surface area (Å²) in [4.78, 5) is 11.9. The fraction of sp³-hybridized carbons (Fsp3) is 0.316. The van der Waals surface area contributed by atoms with Gasteiger partial charge in [0, 0.05) is 0 Å². The number of ether oxygens (including phenoxy) is 1. The van der Waals surface area contributed by atoms with Crippen LogP contribution in [0.2, 0.25) is 0 Å². The van der Waals surface area contributed by atoms with Gasteiger partial charge in [-0.05, 0) is 60.2 Å². The summed E-state index contributed by atoms with van der Waals surface area (Å²) in [7, 11) is 0. The van der Waals surface area contributed by atoms with Crippen LogP contribution in [0.1, 0.15) is 22.1 Å². The summed E-state index contributed by atoms with van der Waals surface area (Å²) in [6.45, 7) is 1.64. The van der Waals surface area contributed by atoms with Gasteiger partial charge in [0.2, 0.25) is 0 Å². The molecule has 0 radical (unpaired) electrons. The van der Waals surface area contributed by atoms with Gasteiger partial charge in [0.1, 0.15) is 11.6 Å². The normalized spacial score (nSPS) is 15.0. The van der Waals surface area contributed by atoms with E-state index in [1.54, 1.807) is 19.1 Å². The lowest BCUT2D eigenvalue weighted by atomic mass is 10.2. The number of aryl methyl sites for hydroxylation is 1. The first-order valence-electron chi connectivity index (χ1n) is 8.14. The van der Waals surface area contributed by atoms with Crippen LogP contribution < -0.4 is 10.1 Å². The molecular formula is C19H20FNO2S2. The molecule has 132 valence electrons. The summed E-state index contributed by atoms with van der Waals surface area (Å²) in [5, 5.41) is 2.53. The van der Waals surface area contributed by atoms with Crippen molar-refractivity contribution < 1.29 is 13.9 Å². The van der Waals surface area contributed by atoms with Crippen molar-refractivity contribution >= 4 is 35.1 Å². The summed E-state index contributed by atoms with van der Waals surface area (Å²) in [6, 6.07) is 12.5. The SMILES string of the molecule is Cc1ccc(NC(=O)COc2ccc(C3SCCCS3)cc2)c(F)c1. The molecule has 2 aromatic rings. The number of benzene rings is 2. The van der Waals surface area contributed by atoms with E-state index in [0.29, 0.717) is 10.3 Å². The second kappa shape index (κ2) is 8.63. The number of halogens is 1. The Labute approximate surface area is 155 Å². The Bertz CT molecular complexity index is 731. The third kappa shape index (κ3) is 5.16. The summed E-state index contributed by atoms with van der Waals surface area (Å²) >= 11 is 3.93. The van der Waals surface area contributed by atoms with Gasteiger partial charge in [0.05, 0.1) is 10.3 Å². The van der Waals surface area contributed by atoms with Crippen LogP contribution in [0.25, 0.3) is 0 Å². The zero-order valence-corrected chi connectivity index (χ0v) is 15.6. The largest absolute Gasteiger partial charge is 0.484 e. The molecule has 1 aliphatic rings. The van der Waals surface area contributed by atoms with E-state index in [9.17, 15) is 9.18 Å². The van der Waals surface area contributed by atoms with E-state index in [2.05, 4.69) is 5.32 Å². The number of carbonyl (C=O) groups excluding carboxylic acids is 1. The highest BCUT2D eigenvalue weighted by Gasteiger charge is 2.16. The minimum absolute atomic E-state index is 0.153. The van der Waals surface area contributed by atoms with Crippen molar-refractivity contribution in [2.75, 3.05) is 23.4 Å². The molecule has 25 heavy (non-hydrogen) atoms. The maximum Gasteiger partial charge on any atom is 0.262 e. The Morgan fingerprint density at radius 1 is 1.20 bits per heavy atom. The Morgan fingerprint density at radius 2 is 1.92 bits per heavy atom. The average molecular weight is 378 g/mol. The molecule has 6 heteroatoms. The number of hydrogen-bond acceptors (Lipinski definition) is 4. The van der Waals surface area contributed by atoms with Crippen LogP contribution in [0, 0.1) is 12.7 Å². The van der Waals surface area contributed by atoms with Crippen LogP contribution >= 0.6 is 23.5 Å². The highest BCUT2D eigenvalue weighted by molar-refractivity contribution is 8.16. The third-order valence-electron chi connectivity index (χ3n) is 3.75. The van der Waals surface area contributed by atoms with E-state index in [0.717, 1.165) is 5.56 Å². The van der Waals surface area contributed by atoms with E-state index in [1.807, 2.05) is 47.8 Å². The van der Waals surface area contributed by atoms with Crippen molar-refractivity contribution in [3.8, 4) is 5.75 Å². The quantitative estimate of drug-likeness (QED) is 0.794. The number of anilines is 1. The Morgan fingerprint density at radius 3 is 2.60 bits per heavy atom. The van der Waals surface area contributed by atoms with E-state index < -0.39 is 5.82 Å². The van der Waals surface area contributed by atoms with Crippen LogP contribution in [0.5, 0.6) is 5.75 Å². The summed E-state index contributed by atoms with van der Waals surface area (Å²) in [5.74, 6) is 2.21. The van der Waals surface area contributed by atoms with Crippen molar-refractivity contribution in [2.45, 2.75) is 17.9 Å². The van der Waals surface area contributed by atoms with Gasteiger partial charge in [-0.2, -0.15) is 0 Å². The molecule has 0 spiro atoms. The van der Waals surface area contributed by atoms with Crippen LogP contribution in [-0.2, 0) is 4.79 Å². The Kier molecular flexibility index (Phi) is 6.26. The lowest BCUT2D eigenvalue weighted by Gasteiger charge is -2.21. The molecule has 0 bridgehead atoms. The minimum Gasteiger partial charge on any atom is -0.484 e. The molecule has 1 amide bonds. The Hall–Kier alpha value is -1.66. The summed E-state index contributed by atoms with van der Waals surface area (Å²) < 4.78 is 19.7. The third-order valence-corrected chi connectivity index (χ3v) is 6.76. The van der Waals surface area contributed by atoms with E-state index >= 15 is 0 Å². The molecule has 1 heterocycles. The van der Waals surface area contributed by atoms with E-state index in [4.69, 9.17) is 4.74 Å². The van der Waals surface area contributed by atoms with Gasteiger partial charge in [-0.25, -0.2) is 4.39 Å². The predicted octanol–water partition coefficient (Wildman–Crippen LogP) is 5.02. The second-order valence-corrected chi connectivity index (χ2v) is 8.54. The fourth-order valence-electron chi connectivity index (χ4n) is 2.46. The lowest BCUT2D eigenvalue weighted by molar-refractivity contribution is -0.118. The Balaban J connectivity index is 1.51. The topological polar surface area (TPSA) is 38.3 Å². The maximum absolute atomic E-state index is 13.7. The molecule has 0 unspecified atom stereocenters. The average Bonchev–Trinajstić information content (AvgIpc) is 2.63. The minimum atomic E-state index is -0.444. The molecule has 2 aromatic carbocycles. The van der Waals surface area contributed by atoms with Crippen molar-refractivity contribution in [3.05, 3.63) is 59.4 Å². The van der Waals surface area contributed by atoms with Crippen molar-refractivity contribution in [3.63, 3.8) is 0 Å². The molecule has 0 aliphatic carbocycles. The van der Waals surface area contributed by atoms with E-state index in [-0.39, 0.29) is 18.2 Å². The van der Waals surface area contributed by atoms with Gasteiger partial charge in [0.15, 0.2) is 6.61 Å². The van der Waals surface area contributed by atoms with Gasteiger partial charge in [-0.3, -0.25) is 4.79 Å². The van der Waals surface area contributed by atoms with Gasteiger partial charge in [-0.15, -0.1) is 23.5 Å². The van der Waals surface area contributed by atoms with Crippen LogP contribution in [-0.4, -0.2) is 24.0 Å². The summed E-state index contributed by atoms with van der Waals surface area (Å²) in [5.41, 5.74) is 2.25. The number of nitrogens with one attached hydrogen (secondary N) is 1. The first kappa shape index (κ1) is 18.1. The molecule has 1 fully saturated rings. The molecule has 1 aliphatic heterocycles. The second-order valence-electron chi connectivity index (χ2n) is 5.82. The van der Waals surface area contributed by atoms with Gasteiger partial charge in [0.25, 0.3) is 5.91 Å². The first-order valence-corrected chi connectivity index (χ1v) is 10.2. The van der Waals surface area contributed by atoms with E-state index in [1.165, 1.54) is 29.6 Å². The highest BCUT2D eigenvalue weighted by atomic mass is 32.2. The molecule has 1 N–H and O–H groups in total. The number of rotatable bonds is 5. The van der Waals surface area contributed by atoms with Crippen LogP contribution in [0.3, 0.4) is 0 Å². The van der Waals surface area contributed by atoms with Crippen molar-refractivity contribution in [2.24, 2.45) is 0 Å². The van der Waals surface area contributed by atoms with Crippen molar-refractivity contribution in [1.82, 2.24) is 0 Å². The number of carbonyl (C=O) groups is 1. The molecule has 0 aromatic heterocycles. The molecule has 1 saturated heterocycles. The van der Waals surface area contributed by atoms with Gasteiger partial charge >= 0.3 is 0 Å². The monoisotopic (exact) mass is 377 g/mol. The predicted molar refractivity (Wildman–Crippen MR) is 104 cm³/mol. The number of thioether (sulfide) groups is 2. The van der Waals surface area contributed by atoms with Crippen molar-refractivity contribution in [1.29, 1.82) is 0 Å². The smallest absolute Gasteiger partial charge is 0.262 e. The first-order chi connectivity index (χ1) is 12.1. The maximum atomic E-state index is 13.7. The van der Waals surface area contributed by atoms with Gasteiger partial charge in [-0.1, -0.05) is 18.2 Å². The fourth-order valence-corrected chi connectivity index (χ4v) is 5.35. The standard InChI is InChI=1S/C19H20FNO2S2/c1-13-3-8-17(16(20)11-13)21-18(22)12-23-15-6-4-14(5-7-15)19-24-9-2-10-25-19/h3-8,11,19H,2,9-10,12H2,1H3,(H,21,22). The van der Waals surface area contributed by atoms with Gasteiger partial charge < -0.3 is 10.1 Å². The molecule has 0 saturated carbocycles. The molecule has 0 atom stereocenters. The van der Waals surface area contributed by atoms with Crippen LogP contribution in [0.4, 0.5) is 10.1 Å². The zero-order chi connectivity index (χ0) is 17.6. The lowest BCUT2D eigenvalue weighted by Crippen LogP contribution is -2.20. The number of hydrogen-bond donors (Lipinski definition) is 1. The molecular weight excluding hydrogens is 357 g/mol. The highest BCUT2D eigenvalue weighted by Crippen LogP contribution is 2.43. The molecule has 3 nitrogen and oxygen atoms in total.